The van der Waals surface area contributed by atoms with Gasteiger partial charge in [0.15, 0.2) is 0 Å². The molecule has 0 amide bonds. The second kappa shape index (κ2) is 5.45. The van der Waals surface area contributed by atoms with Gasteiger partial charge in [0, 0.05) is 6.07 Å². The van der Waals surface area contributed by atoms with E-state index in [2.05, 4.69) is 10.4 Å². The van der Waals surface area contributed by atoms with Crippen molar-refractivity contribution in [3.63, 3.8) is 0 Å². The Kier molecular flexibility index (Phi) is 4.02. The van der Waals surface area contributed by atoms with Crippen molar-refractivity contribution in [3.8, 4) is 11.5 Å². The standard InChI is InChI=1S/C12H11ClF3N3O2/c1-20-6-4-7(21-2)11-9(10(6)13)5(19-17)3-8(18-11)12(14,15)16/h3-4H,17H2,1-2H3,(H,18,19). The van der Waals surface area contributed by atoms with E-state index in [4.69, 9.17) is 26.9 Å². The number of nitrogen functional groups attached to an aromatic ring is 1. The van der Waals surface area contributed by atoms with Crippen molar-refractivity contribution in [1.82, 2.24) is 4.98 Å². The Morgan fingerprint density at radius 1 is 1.19 bits per heavy atom. The number of anilines is 1. The van der Waals surface area contributed by atoms with Crippen molar-refractivity contribution in [2.24, 2.45) is 5.84 Å². The van der Waals surface area contributed by atoms with Gasteiger partial charge < -0.3 is 14.9 Å². The van der Waals surface area contributed by atoms with E-state index in [1.54, 1.807) is 0 Å². The van der Waals surface area contributed by atoms with Crippen molar-refractivity contribution in [2.45, 2.75) is 6.18 Å². The highest BCUT2D eigenvalue weighted by atomic mass is 35.5. The first-order chi connectivity index (χ1) is 9.83. The fourth-order valence-electron chi connectivity index (χ4n) is 1.88. The molecule has 0 radical (unpaired) electrons. The van der Waals surface area contributed by atoms with Crippen LogP contribution in [-0.2, 0) is 6.18 Å². The van der Waals surface area contributed by atoms with Gasteiger partial charge in [0.25, 0.3) is 0 Å². The zero-order valence-corrected chi connectivity index (χ0v) is 11.8. The molecule has 0 unspecified atom stereocenters. The van der Waals surface area contributed by atoms with Crippen molar-refractivity contribution in [2.75, 3.05) is 19.6 Å². The lowest BCUT2D eigenvalue weighted by Crippen LogP contribution is -2.13. The molecule has 0 saturated carbocycles. The number of nitrogens with one attached hydrogen (secondary N) is 1. The third-order valence-corrected chi connectivity index (χ3v) is 3.21. The summed E-state index contributed by atoms with van der Waals surface area (Å²) in [5.41, 5.74) is 0.985. The van der Waals surface area contributed by atoms with Gasteiger partial charge >= 0.3 is 6.18 Å². The summed E-state index contributed by atoms with van der Waals surface area (Å²) < 4.78 is 48.8. The summed E-state index contributed by atoms with van der Waals surface area (Å²) in [6.45, 7) is 0. The fraction of sp³-hybridized carbons (Fsp3) is 0.250. The predicted molar refractivity (Wildman–Crippen MR) is 72.7 cm³/mol. The number of fused-ring (bicyclic) bond motifs is 1. The van der Waals surface area contributed by atoms with Crippen LogP contribution < -0.4 is 20.7 Å². The van der Waals surface area contributed by atoms with Gasteiger partial charge in [0.1, 0.15) is 22.7 Å². The number of hydrazine groups is 1. The van der Waals surface area contributed by atoms with E-state index in [0.717, 1.165) is 6.07 Å². The zero-order valence-electron chi connectivity index (χ0n) is 11.0. The number of benzene rings is 1. The number of hydrogen-bond donors (Lipinski definition) is 2. The highest BCUT2D eigenvalue weighted by Crippen LogP contribution is 2.43. The quantitative estimate of drug-likeness (QED) is 0.671. The summed E-state index contributed by atoms with van der Waals surface area (Å²) >= 11 is 6.12. The first kappa shape index (κ1) is 15.5. The maximum atomic E-state index is 12.9. The fourth-order valence-corrected chi connectivity index (χ4v) is 2.21. The molecule has 5 nitrogen and oxygen atoms in total. The largest absolute Gasteiger partial charge is 0.495 e. The second-order valence-corrected chi connectivity index (χ2v) is 4.39. The molecule has 0 fully saturated rings. The molecule has 0 spiro atoms. The Morgan fingerprint density at radius 3 is 2.29 bits per heavy atom. The molecular formula is C12H11ClF3N3O2. The van der Waals surface area contributed by atoms with Gasteiger partial charge in [-0.3, -0.25) is 5.84 Å². The monoisotopic (exact) mass is 321 g/mol. The maximum absolute atomic E-state index is 12.9. The number of rotatable bonds is 3. The van der Waals surface area contributed by atoms with Crippen LogP contribution in [0.25, 0.3) is 10.9 Å². The topological polar surface area (TPSA) is 69.4 Å². The van der Waals surface area contributed by atoms with Crippen molar-refractivity contribution in [3.05, 3.63) is 22.8 Å². The van der Waals surface area contributed by atoms with Gasteiger partial charge in [-0.1, -0.05) is 11.6 Å². The predicted octanol–water partition coefficient (Wildman–Crippen LogP) is 3.21. The van der Waals surface area contributed by atoms with Crippen molar-refractivity contribution < 1.29 is 22.6 Å². The van der Waals surface area contributed by atoms with Crippen LogP contribution in [0.5, 0.6) is 11.5 Å². The molecular weight excluding hydrogens is 311 g/mol. The number of methoxy groups -OCH3 is 2. The number of pyridine rings is 1. The molecule has 0 bridgehead atoms. The van der Waals surface area contributed by atoms with Crippen LogP contribution in [0, 0.1) is 0 Å². The van der Waals surface area contributed by atoms with Crippen LogP contribution in [0.4, 0.5) is 18.9 Å². The molecule has 1 aromatic carbocycles. The smallest absolute Gasteiger partial charge is 0.433 e. The zero-order chi connectivity index (χ0) is 15.8. The van der Waals surface area contributed by atoms with E-state index in [-0.39, 0.29) is 33.1 Å². The van der Waals surface area contributed by atoms with Crippen molar-refractivity contribution in [1.29, 1.82) is 0 Å². The Hall–Kier alpha value is -1.93. The Labute approximate surface area is 122 Å². The molecule has 0 aliphatic rings. The van der Waals surface area contributed by atoms with E-state index in [9.17, 15) is 13.2 Å². The van der Waals surface area contributed by atoms with E-state index in [1.165, 1.54) is 20.3 Å². The third-order valence-electron chi connectivity index (χ3n) is 2.84. The number of aromatic nitrogens is 1. The molecule has 0 saturated heterocycles. The summed E-state index contributed by atoms with van der Waals surface area (Å²) in [6, 6.07) is 2.13. The SMILES string of the molecule is COc1cc(OC)c2nc(C(F)(F)F)cc(NN)c2c1Cl. The molecule has 114 valence electrons. The summed E-state index contributed by atoms with van der Waals surface area (Å²) in [6.07, 6.45) is -4.63. The number of hydrogen-bond acceptors (Lipinski definition) is 5. The van der Waals surface area contributed by atoms with Gasteiger partial charge in [0.2, 0.25) is 0 Å². The first-order valence-electron chi connectivity index (χ1n) is 5.62. The number of ether oxygens (including phenoxy) is 2. The average Bonchev–Trinajstić information content (AvgIpc) is 2.45. The van der Waals surface area contributed by atoms with Crippen LogP contribution in [0.3, 0.4) is 0 Å². The molecule has 1 heterocycles. The summed E-state index contributed by atoms with van der Waals surface area (Å²) in [5.74, 6) is 5.62. The molecule has 0 atom stereocenters. The summed E-state index contributed by atoms with van der Waals surface area (Å²) in [4.78, 5) is 3.58. The Bertz CT molecular complexity index is 692. The molecule has 1 aromatic heterocycles. The third kappa shape index (κ3) is 2.64. The minimum absolute atomic E-state index is 0.0328. The highest BCUT2D eigenvalue weighted by Gasteiger charge is 2.34. The van der Waals surface area contributed by atoms with Gasteiger partial charge in [0.05, 0.1) is 30.3 Å². The summed E-state index contributed by atoms with van der Waals surface area (Å²) in [7, 11) is 2.68. The Balaban J connectivity index is 2.93. The van der Waals surface area contributed by atoms with E-state index >= 15 is 0 Å². The minimum atomic E-state index is -4.63. The molecule has 21 heavy (non-hydrogen) atoms. The summed E-state index contributed by atoms with van der Waals surface area (Å²) in [5, 5.41) is 0.269. The number of nitrogens with two attached hydrogens (primary N) is 1. The van der Waals surface area contributed by atoms with E-state index in [1.807, 2.05) is 0 Å². The molecule has 3 N–H and O–H groups in total. The molecule has 9 heteroatoms. The lowest BCUT2D eigenvalue weighted by molar-refractivity contribution is -0.140. The van der Waals surface area contributed by atoms with E-state index in [0.29, 0.717) is 0 Å². The van der Waals surface area contributed by atoms with Crippen LogP contribution in [0.1, 0.15) is 5.69 Å². The average molecular weight is 322 g/mol. The van der Waals surface area contributed by atoms with Crippen LogP contribution >= 0.6 is 11.6 Å². The van der Waals surface area contributed by atoms with E-state index < -0.39 is 11.9 Å². The lowest BCUT2D eigenvalue weighted by Gasteiger charge is -2.16. The second-order valence-electron chi connectivity index (χ2n) is 4.02. The van der Waals surface area contributed by atoms with Gasteiger partial charge in [-0.15, -0.1) is 0 Å². The van der Waals surface area contributed by atoms with Gasteiger partial charge in [-0.05, 0) is 6.07 Å². The molecule has 2 aromatic rings. The number of halogens is 4. The van der Waals surface area contributed by atoms with Crippen LogP contribution in [-0.4, -0.2) is 19.2 Å². The lowest BCUT2D eigenvalue weighted by atomic mass is 10.1. The van der Waals surface area contributed by atoms with Gasteiger partial charge in [-0.25, -0.2) is 4.98 Å². The van der Waals surface area contributed by atoms with Crippen LogP contribution in [0.2, 0.25) is 5.02 Å². The first-order valence-corrected chi connectivity index (χ1v) is 6.00. The Morgan fingerprint density at radius 2 is 1.81 bits per heavy atom. The molecule has 0 aliphatic heterocycles. The molecule has 0 aliphatic carbocycles. The van der Waals surface area contributed by atoms with Gasteiger partial charge in [-0.2, -0.15) is 13.2 Å². The number of nitrogens with zero attached hydrogens (tertiary/aromatic N) is 1. The normalized spacial score (nSPS) is 11.6. The minimum Gasteiger partial charge on any atom is -0.495 e. The molecule has 2 rings (SSSR count). The maximum Gasteiger partial charge on any atom is 0.433 e. The van der Waals surface area contributed by atoms with Crippen molar-refractivity contribution >= 4 is 28.2 Å². The van der Waals surface area contributed by atoms with Crippen LogP contribution in [0.15, 0.2) is 12.1 Å². The highest BCUT2D eigenvalue weighted by molar-refractivity contribution is 6.38. The number of alkyl halides is 3.